The van der Waals surface area contributed by atoms with Gasteiger partial charge < -0.3 is 9.84 Å². The monoisotopic (exact) mass is 180 g/mol. The lowest BCUT2D eigenvalue weighted by atomic mass is 10.1. The first-order chi connectivity index (χ1) is 6.24. The molecule has 0 bridgehead atoms. The van der Waals surface area contributed by atoms with Gasteiger partial charge in [-0.3, -0.25) is 0 Å². The molecule has 0 radical (unpaired) electrons. The molecular formula is C11H16O2. The van der Waals surface area contributed by atoms with Crippen LogP contribution in [0.25, 0.3) is 0 Å². The van der Waals surface area contributed by atoms with Crippen LogP contribution < -0.4 is 0 Å². The molecule has 72 valence electrons. The molecule has 1 N–H and O–H groups in total. The van der Waals surface area contributed by atoms with Gasteiger partial charge in [0.2, 0.25) is 0 Å². The Morgan fingerprint density at radius 3 is 2.46 bits per heavy atom. The van der Waals surface area contributed by atoms with Crippen LogP contribution in [-0.4, -0.2) is 18.3 Å². The van der Waals surface area contributed by atoms with Crippen molar-refractivity contribution in [3.8, 4) is 0 Å². The number of rotatable bonds is 4. The molecule has 0 saturated carbocycles. The predicted octanol–water partition coefficient (Wildman–Crippen LogP) is 2.06. The Hall–Kier alpha value is -0.860. The van der Waals surface area contributed by atoms with Crippen LogP contribution >= 0.6 is 0 Å². The normalized spacial score (nSPS) is 12.8. The van der Waals surface area contributed by atoms with Crippen molar-refractivity contribution in [1.82, 2.24) is 0 Å². The molecule has 1 atom stereocenters. The summed E-state index contributed by atoms with van der Waals surface area (Å²) in [6, 6.07) is 8.23. The number of aryl methyl sites for hydroxylation is 1. The van der Waals surface area contributed by atoms with Crippen LogP contribution in [0.3, 0.4) is 0 Å². The maximum atomic E-state index is 8.58. The predicted molar refractivity (Wildman–Crippen MR) is 52.6 cm³/mol. The summed E-state index contributed by atoms with van der Waals surface area (Å²) < 4.78 is 5.37. The molecule has 13 heavy (non-hydrogen) atoms. The lowest BCUT2D eigenvalue weighted by Gasteiger charge is -2.12. The third kappa shape index (κ3) is 3.17. The van der Waals surface area contributed by atoms with E-state index < -0.39 is 0 Å². The largest absolute Gasteiger partial charge is 0.394 e. The molecule has 0 heterocycles. The minimum Gasteiger partial charge on any atom is -0.394 e. The number of benzene rings is 1. The van der Waals surface area contributed by atoms with Crippen molar-refractivity contribution in [2.45, 2.75) is 20.0 Å². The summed E-state index contributed by atoms with van der Waals surface area (Å²) in [4.78, 5) is 0. The van der Waals surface area contributed by atoms with Crippen LogP contribution in [0.4, 0.5) is 0 Å². The third-order valence-corrected chi connectivity index (χ3v) is 2.01. The molecule has 0 aliphatic rings. The summed E-state index contributed by atoms with van der Waals surface area (Å²) in [6.45, 7) is 4.52. The zero-order chi connectivity index (χ0) is 9.68. The van der Waals surface area contributed by atoms with Crippen molar-refractivity contribution in [3.63, 3.8) is 0 Å². The van der Waals surface area contributed by atoms with Crippen LogP contribution in [0.2, 0.25) is 0 Å². The second-order valence-electron chi connectivity index (χ2n) is 3.15. The molecule has 0 fully saturated rings. The second-order valence-corrected chi connectivity index (χ2v) is 3.15. The van der Waals surface area contributed by atoms with Crippen LogP contribution in [0.1, 0.15) is 24.2 Å². The van der Waals surface area contributed by atoms with Gasteiger partial charge in [0.1, 0.15) is 0 Å². The molecule has 1 aromatic rings. The van der Waals surface area contributed by atoms with Crippen molar-refractivity contribution in [2.24, 2.45) is 0 Å². The van der Waals surface area contributed by atoms with Gasteiger partial charge in [0.25, 0.3) is 0 Å². The fraction of sp³-hybridized carbons (Fsp3) is 0.455. The molecule has 0 saturated heterocycles. The average Bonchev–Trinajstić information content (AvgIpc) is 2.15. The van der Waals surface area contributed by atoms with Gasteiger partial charge in [-0.1, -0.05) is 29.8 Å². The van der Waals surface area contributed by atoms with Crippen molar-refractivity contribution < 1.29 is 9.84 Å². The lowest BCUT2D eigenvalue weighted by molar-refractivity contribution is 0.0385. The first-order valence-corrected chi connectivity index (χ1v) is 4.53. The van der Waals surface area contributed by atoms with Crippen molar-refractivity contribution >= 4 is 0 Å². The fourth-order valence-corrected chi connectivity index (χ4v) is 1.16. The number of hydrogen-bond acceptors (Lipinski definition) is 2. The van der Waals surface area contributed by atoms with E-state index in [0.717, 1.165) is 5.56 Å². The average molecular weight is 180 g/mol. The van der Waals surface area contributed by atoms with E-state index in [2.05, 4.69) is 31.2 Å². The number of aliphatic hydroxyl groups excluding tert-OH is 1. The number of aliphatic hydroxyl groups is 1. The molecule has 2 heteroatoms. The molecule has 0 aliphatic heterocycles. The van der Waals surface area contributed by atoms with Crippen molar-refractivity contribution in [1.29, 1.82) is 0 Å². The van der Waals surface area contributed by atoms with Gasteiger partial charge in [-0.15, -0.1) is 0 Å². The maximum Gasteiger partial charge on any atom is 0.0797 e. The van der Waals surface area contributed by atoms with Gasteiger partial charge >= 0.3 is 0 Å². The van der Waals surface area contributed by atoms with E-state index in [1.807, 2.05) is 6.92 Å². The first kappa shape index (κ1) is 10.2. The van der Waals surface area contributed by atoms with Gasteiger partial charge in [-0.2, -0.15) is 0 Å². The highest BCUT2D eigenvalue weighted by Gasteiger charge is 2.03. The summed E-state index contributed by atoms with van der Waals surface area (Å²) in [6.07, 6.45) is 0.0627. The molecule has 1 rings (SSSR count). The molecule has 0 aliphatic carbocycles. The summed E-state index contributed by atoms with van der Waals surface area (Å²) >= 11 is 0. The summed E-state index contributed by atoms with van der Waals surface area (Å²) in [5.74, 6) is 0. The quantitative estimate of drug-likeness (QED) is 0.768. The Kier molecular flexibility index (Phi) is 3.93. The molecule has 0 aromatic heterocycles. The molecule has 2 nitrogen and oxygen atoms in total. The van der Waals surface area contributed by atoms with Gasteiger partial charge in [0, 0.05) is 0 Å². The fourth-order valence-electron chi connectivity index (χ4n) is 1.16. The zero-order valence-corrected chi connectivity index (χ0v) is 8.16. The van der Waals surface area contributed by atoms with E-state index in [9.17, 15) is 0 Å². The molecule has 0 spiro atoms. The smallest absolute Gasteiger partial charge is 0.0797 e. The highest BCUT2D eigenvalue weighted by molar-refractivity contribution is 5.22. The first-order valence-electron chi connectivity index (χ1n) is 4.53. The van der Waals surface area contributed by atoms with E-state index in [1.54, 1.807) is 0 Å². The number of ether oxygens (including phenoxy) is 1. The lowest BCUT2D eigenvalue weighted by Crippen LogP contribution is -2.04. The summed E-state index contributed by atoms with van der Waals surface area (Å²) in [7, 11) is 0. The van der Waals surface area contributed by atoms with Gasteiger partial charge in [-0.05, 0) is 19.4 Å². The van der Waals surface area contributed by atoms with E-state index in [4.69, 9.17) is 9.84 Å². The molecule has 1 unspecified atom stereocenters. The van der Waals surface area contributed by atoms with Gasteiger partial charge in [-0.25, -0.2) is 0 Å². The SMILES string of the molecule is Cc1ccc(C(C)OCCO)cc1. The highest BCUT2D eigenvalue weighted by atomic mass is 16.5. The second kappa shape index (κ2) is 5.00. The van der Waals surface area contributed by atoms with Crippen molar-refractivity contribution in [2.75, 3.05) is 13.2 Å². The van der Waals surface area contributed by atoms with E-state index in [-0.39, 0.29) is 12.7 Å². The molecule has 1 aromatic carbocycles. The van der Waals surface area contributed by atoms with E-state index in [0.29, 0.717) is 6.61 Å². The van der Waals surface area contributed by atoms with Crippen LogP contribution in [-0.2, 0) is 4.74 Å². The minimum absolute atomic E-state index is 0.0627. The van der Waals surface area contributed by atoms with Gasteiger partial charge in [0.15, 0.2) is 0 Å². The Morgan fingerprint density at radius 1 is 1.31 bits per heavy atom. The van der Waals surface area contributed by atoms with Crippen LogP contribution in [0.15, 0.2) is 24.3 Å². The zero-order valence-electron chi connectivity index (χ0n) is 8.16. The third-order valence-electron chi connectivity index (χ3n) is 2.01. The van der Waals surface area contributed by atoms with Crippen molar-refractivity contribution in [3.05, 3.63) is 35.4 Å². The van der Waals surface area contributed by atoms with E-state index in [1.165, 1.54) is 5.56 Å². The van der Waals surface area contributed by atoms with Crippen LogP contribution in [0.5, 0.6) is 0 Å². The molecule has 0 amide bonds. The van der Waals surface area contributed by atoms with Crippen LogP contribution in [0, 0.1) is 6.92 Å². The summed E-state index contributed by atoms with van der Waals surface area (Å²) in [5, 5.41) is 8.58. The minimum atomic E-state index is 0.0627. The standard InChI is InChI=1S/C11H16O2/c1-9-3-5-11(6-4-9)10(2)13-8-7-12/h3-6,10,12H,7-8H2,1-2H3. The molecular weight excluding hydrogens is 164 g/mol. The summed E-state index contributed by atoms with van der Waals surface area (Å²) in [5.41, 5.74) is 2.40. The number of hydrogen-bond donors (Lipinski definition) is 1. The Balaban J connectivity index is 2.55. The Bertz CT molecular complexity index is 241. The highest BCUT2D eigenvalue weighted by Crippen LogP contribution is 2.16. The Labute approximate surface area is 79.2 Å². The topological polar surface area (TPSA) is 29.5 Å². The maximum absolute atomic E-state index is 8.58. The van der Waals surface area contributed by atoms with E-state index >= 15 is 0 Å². The Morgan fingerprint density at radius 2 is 1.92 bits per heavy atom. The van der Waals surface area contributed by atoms with Gasteiger partial charge in [0.05, 0.1) is 19.3 Å².